The Labute approximate surface area is 152 Å². The van der Waals surface area contributed by atoms with Gasteiger partial charge in [-0.2, -0.15) is 4.98 Å². The Morgan fingerprint density at radius 3 is 2.58 bits per heavy atom. The topological polar surface area (TPSA) is 88.3 Å². The second-order valence-electron chi connectivity index (χ2n) is 7.37. The van der Waals surface area contributed by atoms with Gasteiger partial charge in [-0.05, 0) is 27.7 Å². The van der Waals surface area contributed by atoms with Crippen molar-refractivity contribution < 1.29 is 9.32 Å². The zero-order chi connectivity index (χ0) is 18.4. The number of aryl methyl sites for hydroxylation is 3. The van der Waals surface area contributed by atoms with Gasteiger partial charge in [0.05, 0.1) is 12.0 Å². The van der Waals surface area contributed by atoms with E-state index < -0.39 is 0 Å². The van der Waals surface area contributed by atoms with Crippen molar-refractivity contribution in [3.8, 4) is 0 Å². The van der Waals surface area contributed by atoms with E-state index in [0.717, 1.165) is 30.2 Å². The molecule has 0 bridgehead atoms. The zero-order valence-electron chi connectivity index (χ0n) is 15.6. The fraction of sp³-hybridized carbons (Fsp3) is 0.611. The van der Waals surface area contributed by atoms with Gasteiger partial charge in [0.25, 0.3) is 0 Å². The first-order valence-corrected chi connectivity index (χ1v) is 9.06. The summed E-state index contributed by atoms with van der Waals surface area (Å²) in [6.07, 6.45) is 2.38. The normalized spacial score (nSPS) is 22.7. The van der Waals surface area contributed by atoms with E-state index in [1.807, 2.05) is 24.9 Å². The fourth-order valence-corrected chi connectivity index (χ4v) is 3.93. The Hall–Kier alpha value is -2.35. The average molecular weight is 356 g/mol. The van der Waals surface area contributed by atoms with E-state index >= 15 is 0 Å². The summed E-state index contributed by atoms with van der Waals surface area (Å²) in [7, 11) is 0. The maximum atomic E-state index is 12.4. The summed E-state index contributed by atoms with van der Waals surface area (Å²) >= 11 is 0. The number of amides is 1. The van der Waals surface area contributed by atoms with Gasteiger partial charge < -0.3 is 9.42 Å². The van der Waals surface area contributed by atoms with Crippen molar-refractivity contribution in [1.29, 1.82) is 0 Å². The van der Waals surface area contributed by atoms with Crippen LogP contribution in [0.25, 0.3) is 0 Å². The van der Waals surface area contributed by atoms with Gasteiger partial charge in [-0.25, -0.2) is 9.97 Å². The summed E-state index contributed by atoms with van der Waals surface area (Å²) in [6.45, 7) is 10.3. The molecule has 8 heteroatoms. The van der Waals surface area contributed by atoms with E-state index in [2.05, 4.69) is 31.9 Å². The van der Waals surface area contributed by atoms with Gasteiger partial charge in [-0.1, -0.05) is 5.16 Å². The third-order valence-electron chi connectivity index (χ3n) is 5.52. The molecule has 2 aromatic rings. The largest absolute Gasteiger partial charge is 0.339 e. The zero-order valence-corrected chi connectivity index (χ0v) is 15.6. The van der Waals surface area contributed by atoms with E-state index in [4.69, 9.17) is 4.52 Å². The molecule has 2 atom stereocenters. The molecule has 4 heterocycles. The van der Waals surface area contributed by atoms with Crippen molar-refractivity contribution in [3.05, 3.63) is 35.0 Å². The monoisotopic (exact) mass is 356 g/mol. The number of carbonyl (C=O) groups excluding carboxylic acids is 1. The molecule has 0 radical (unpaired) electrons. The van der Waals surface area contributed by atoms with Crippen molar-refractivity contribution in [2.75, 3.05) is 19.6 Å². The maximum absolute atomic E-state index is 12.4. The van der Waals surface area contributed by atoms with E-state index in [1.165, 1.54) is 0 Å². The number of carbonyl (C=O) groups is 1. The first-order valence-electron chi connectivity index (χ1n) is 9.06. The Morgan fingerprint density at radius 1 is 1.15 bits per heavy atom. The molecule has 2 saturated heterocycles. The molecule has 0 aliphatic carbocycles. The second kappa shape index (κ2) is 6.42. The smallest absolute Gasteiger partial charge is 0.232 e. The summed E-state index contributed by atoms with van der Waals surface area (Å²) in [6, 6.07) is 0.504. The van der Waals surface area contributed by atoms with Crippen LogP contribution in [0.2, 0.25) is 0 Å². The molecule has 26 heavy (non-hydrogen) atoms. The van der Waals surface area contributed by atoms with Crippen molar-refractivity contribution in [2.24, 2.45) is 0 Å². The molecular formula is C18H24N6O2. The molecule has 2 aromatic heterocycles. The van der Waals surface area contributed by atoms with Crippen molar-refractivity contribution in [2.45, 2.75) is 52.1 Å². The molecule has 1 amide bonds. The minimum Gasteiger partial charge on any atom is -0.339 e. The summed E-state index contributed by atoms with van der Waals surface area (Å²) in [4.78, 5) is 29.9. The lowest BCUT2D eigenvalue weighted by molar-refractivity contribution is -0.133. The number of hydrogen-bond donors (Lipinski definition) is 0. The lowest BCUT2D eigenvalue weighted by Crippen LogP contribution is -2.60. The minimum atomic E-state index is 0.0166. The van der Waals surface area contributed by atoms with Crippen LogP contribution in [0.4, 0.5) is 0 Å². The maximum Gasteiger partial charge on any atom is 0.232 e. The molecule has 2 fully saturated rings. The number of likely N-dealkylation sites (tertiary alicyclic amines) is 2. The fourth-order valence-electron chi connectivity index (χ4n) is 3.93. The van der Waals surface area contributed by atoms with Crippen molar-refractivity contribution >= 4 is 5.91 Å². The van der Waals surface area contributed by atoms with Gasteiger partial charge in [0.2, 0.25) is 11.8 Å². The van der Waals surface area contributed by atoms with Crippen molar-refractivity contribution in [3.63, 3.8) is 0 Å². The average Bonchev–Trinajstić information content (AvgIpc) is 3.12. The van der Waals surface area contributed by atoms with Gasteiger partial charge in [-0.15, -0.1) is 0 Å². The Kier molecular flexibility index (Phi) is 4.22. The van der Waals surface area contributed by atoms with Gasteiger partial charge in [0, 0.05) is 49.6 Å². The number of nitrogens with zero attached hydrogens (tertiary/aromatic N) is 6. The molecule has 2 unspecified atom stereocenters. The quantitative estimate of drug-likeness (QED) is 0.821. The molecule has 0 spiro atoms. The molecule has 0 aromatic carbocycles. The van der Waals surface area contributed by atoms with Crippen LogP contribution >= 0.6 is 0 Å². The number of rotatable bonds is 4. The molecule has 8 nitrogen and oxygen atoms in total. The highest BCUT2D eigenvalue weighted by atomic mass is 16.5. The Morgan fingerprint density at radius 2 is 1.92 bits per heavy atom. The highest BCUT2D eigenvalue weighted by Gasteiger charge is 2.43. The third-order valence-corrected chi connectivity index (χ3v) is 5.52. The lowest BCUT2D eigenvalue weighted by Gasteiger charge is -2.47. The number of hydrogen-bond acceptors (Lipinski definition) is 7. The van der Waals surface area contributed by atoms with Crippen LogP contribution in [0, 0.1) is 20.8 Å². The lowest BCUT2D eigenvalue weighted by atomic mass is 9.99. The summed E-state index contributed by atoms with van der Waals surface area (Å²) in [5.41, 5.74) is 2.18. The van der Waals surface area contributed by atoms with Gasteiger partial charge in [0.1, 0.15) is 5.82 Å². The third kappa shape index (κ3) is 2.98. The SMILES string of the molecule is Cc1noc(C2CC(=O)N(C3CN(C(C)c4cnc(C)nc4C)C3)C2)n1. The number of aromatic nitrogens is 4. The van der Waals surface area contributed by atoms with Crippen LogP contribution in [-0.2, 0) is 4.79 Å². The van der Waals surface area contributed by atoms with E-state index in [9.17, 15) is 4.79 Å². The standard InChI is InChI=1S/C18H24N6O2/c1-10-16(6-19-12(3)20-10)11(2)23-8-15(9-23)24-7-14(5-17(24)25)18-21-13(4)22-26-18/h6,11,14-15H,5,7-9H2,1-4H3. The summed E-state index contributed by atoms with van der Waals surface area (Å²) in [5, 5.41) is 3.84. The summed E-state index contributed by atoms with van der Waals surface area (Å²) < 4.78 is 5.25. The highest BCUT2D eigenvalue weighted by Crippen LogP contribution is 2.34. The molecular weight excluding hydrogens is 332 g/mol. The molecule has 2 aliphatic heterocycles. The molecule has 2 aliphatic rings. The van der Waals surface area contributed by atoms with E-state index in [0.29, 0.717) is 24.7 Å². The van der Waals surface area contributed by atoms with Crippen LogP contribution in [0.3, 0.4) is 0 Å². The van der Waals surface area contributed by atoms with Gasteiger partial charge >= 0.3 is 0 Å². The molecule has 0 N–H and O–H groups in total. The second-order valence-corrected chi connectivity index (χ2v) is 7.37. The van der Waals surface area contributed by atoms with Crippen LogP contribution in [-0.4, -0.2) is 61.5 Å². The van der Waals surface area contributed by atoms with Crippen LogP contribution in [0.5, 0.6) is 0 Å². The van der Waals surface area contributed by atoms with Gasteiger partial charge in [0.15, 0.2) is 5.82 Å². The molecule has 4 rings (SSSR count). The molecule has 0 saturated carbocycles. The van der Waals surface area contributed by atoms with E-state index in [1.54, 1.807) is 6.92 Å². The van der Waals surface area contributed by atoms with E-state index in [-0.39, 0.29) is 23.9 Å². The van der Waals surface area contributed by atoms with Crippen molar-refractivity contribution in [1.82, 2.24) is 29.9 Å². The van der Waals surface area contributed by atoms with Gasteiger partial charge in [-0.3, -0.25) is 9.69 Å². The minimum absolute atomic E-state index is 0.0166. The molecule has 138 valence electrons. The van der Waals surface area contributed by atoms with Crippen LogP contribution < -0.4 is 0 Å². The first kappa shape index (κ1) is 17.1. The highest BCUT2D eigenvalue weighted by molar-refractivity contribution is 5.80. The Balaban J connectivity index is 1.38. The Bertz CT molecular complexity index is 829. The first-order chi connectivity index (χ1) is 12.4. The van der Waals surface area contributed by atoms with Crippen LogP contribution in [0.15, 0.2) is 10.7 Å². The predicted molar refractivity (Wildman–Crippen MR) is 93.4 cm³/mol. The van der Waals surface area contributed by atoms with Crippen LogP contribution in [0.1, 0.15) is 54.1 Å². The summed E-state index contributed by atoms with van der Waals surface area (Å²) in [5.74, 6) is 2.19. The predicted octanol–water partition coefficient (Wildman–Crippen LogP) is 1.55.